The second-order valence-electron chi connectivity index (χ2n) is 4.51. The van der Waals surface area contributed by atoms with Gasteiger partial charge in [0.25, 0.3) is 16.1 Å². The molecule has 0 aliphatic rings. The molecule has 3 rings (SSSR count). The van der Waals surface area contributed by atoms with E-state index in [4.69, 9.17) is 0 Å². The Bertz CT molecular complexity index is 1010. The fourth-order valence-electron chi connectivity index (χ4n) is 2.12. The van der Waals surface area contributed by atoms with Gasteiger partial charge in [-0.05, 0) is 16.7 Å². The Balaban J connectivity index is 2.24. The van der Waals surface area contributed by atoms with Crippen LogP contribution in [0.2, 0.25) is 0 Å². The summed E-state index contributed by atoms with van der Waals surface area (Å²) in [5, 5.41) is 12.1. The standard InChI is InChI=1S/C13H8F2N4O3S/c14-10-12(15)17-19-18-13(10)16-9-6-5-7-3-1-2-4-8(7)11(9)23(20,21)22/h1-6H,(H,16,17,18)(H,20,21,22). The first-order chi connectivity index (χ1) is 10.9. The Labute approximate surface area is 128 Å². The van der Waals surface area contributed by atoms with E-state index in [1.54, 1.807) is 24.3 Å². The molecule has 1 heterocycles. The lowest BCUT2D eigenvalue weighted by molar-refractivity contribution is 0.456. The Morgan fingerprint density at radius 2 is 1.78 bits per heavy atom. The van der Waals surface area contributed by atoms with Gasteiger partial charge in [-0.25, -0.2) is 0 Å². The minimum Gasteiger partial charge on any atom is -0.335 e. The molecule has 2 aromatic carbocycles. The van der Waals surface area contributed by atoms with Crippen molar-refractivity contribution in [2.45, 2.75) is 4.90 Å². The Kier molecular flexibility index (Phi) is 3.62. The summed E-state index contributed by atoms with van der Waals surface area (Å²) in [6.07, 6.45) is 0. The van der Waals surface area contributed by atoms with Crippen molar-refractivity contribution in [1.82, 2.24) is 15.4 Å². The van der Waals surface area contributed by atoms with Gasteiger partial charge in [-0.3, -0.25) is 4.55 Å². The van der Waals surface area contributed by atoms with Crippen LogP contribution in [0.1, 0.15) is 0 Å². The monoisotopic (exact) mass is 338 g/mol. The highest BCUT2D eigenvalue weighted by atomic mass is 32.2. The summed E-state index contributed by atoms with van der Waals surface area (Å²) in [4.78, 5) is -0.478. The van der Waals surface area contributed by atoms with Crippen molar-refractivity contribution < 1.29 is 21.8 Å². The van der Waals surface area contributed by atoms with Crippen molar-refractivity contribution >= 4 is 32.4 Å². The predicted octanol–water partition coefficient (Wildman–Crippen LogP) is 2.29. The summed E-state index contributed by atoms with van der Waals surface area (Å²) in [5.74, 6) is -3.57. The lowest BCUT2D eigenvalue weighted by atomic mass is 10.1. The van der Waals surface area contributed by atoms with Crippen LogP contribution < -0.4 is 5.32 Å². The van der Waals surface area contributed by atoms with Gasteiger partial charge in [-0.15, -0.1) is 5.10 Å². The van der Waals surface area contributed by atoms with Crippen LogP contribution >= 0.6 is 0 Å². The zero-order valence-corrected chi connectivity index (χ0v) is 12.1. The van der Waals surface area contributed by atoms with E-state index in [2.05, 4.69) is 20.7 Å². The number of nitrogens with zero attached hydrogens (tertiary/aromatic N) is 3. The molecule has 0 saturated heterocycles. The van der Waals surface area contributed by atoms with Crippen LogP contribution in [0, 0.1) is 11.8 Å². The number of anilines is 2. The Morgan fingerprint density at radius 3 is 2.52 bits per heavy atom. The molecule has 0 bridgehead atoms. The number of rotatable bonds is 3. The van der Waals surface area contributed by atoms with Crippen molar-refractivity contribution in [3.8, 4) is 0 Å². The average Bonchev–Trinajstić information content (AvgIpc) is 2.50. The minimum absolute atomic E-state index is 0.176. The maximum Gasteiger partial charge on any atom is 0.297 e. The highest BCUT2D eigenvalue weighted by Crippen LogP contribution is 2.32. The van der Waals surface area contributed by atoms with Gasteiger partial charge < -0.3 is 5.32 Å². The normalized spacial score (nSPS) is 11.6. The third-order valence-corrected chi connectivity index (χ3v) is 4.01. The molecule has 0 aliphatic carbocycles. The summed E-state index contributed by atoms with van der Waals surface area (Å²) in [6, 6.07) is 9.22. The van der Waals surface area contributed by atoms with Gasteiger partial charge in [0, 0.05) is 5.39 Å². The third kappa shape index (κ3) is 2.81. The van der Waals surface area contributed by atoms with Crippen LogP contribution in [0.25, 0.3) is 10.8 Å². The number of benzene rings is 2. The molecule has 0 fully saturated rings. The molecule has 23 heavy (non-hydrogen) atoms. The lowest BCUT2D eigenvalue weighted by Gasteiger charge is -2.12. The molecule has 3 aromatic rings. The summed E-state index contributed by atoms with van der Waals surface area (Å²) >= 11 is 0. The highest BCUT2D eigenvalue weighted by molar-refractivity contribution is 7.86. The van der Waals surface area contributed by atoms with E-state index < -0.39 is 32.6 Å². The second kappa shape index (κ2) is 5.48. The van der Waals surface area contributed by atoms with Crippen LogP contribution in [0.5, 0.6) is 0 Å². The van der Waals surface area contributed by atoms with E-state index in [0.29, 0.717) is 5.39 Å². The van der Waals surface area contributed by atoms with Crippen molar-refractivity contribution in [2.75, 3.05) is 5.32 Å². The van der Waals surface area contributed by atoms with Gasteiger partial charge >= 0.3 is 0 Å². The fraction of sp³-hybridized carbons (Fsp3) is 0. The molecule has 0 spiro atoms. The first-order valence-electron chi connectivity index (χ1n) is 6.18. The lowest BCUT2D eigenvalue weighted by Crippen LogP contribution is -2.08. The largest absolute Gasteiger partial charge is 0.335 e. The smallest absolute Gasteiger partial charge is 0.297 e. The molecule has 7 nitrogen and oxygen atoms in total. The number of aromatic nitrogens is 3. The first kappa shape index (κ1) is 15.2. The van der Waals surface area contributed by atoms with E-state index in [1.165, 1.54) is 12.1 Å². The molecule has 0 unspecified atom stereocenters. The van der Waals surface area contributed by atoms with Crippen LogP contribution in [0.3, 0.4) is 0 Å². The minimum atomic E-state index is -4.65. The summed E-state index contributed by atoms with van der Waals surface area (Å²) < 4.78 is 59.6. The van der Waals surface area contributed by atoms with Crippen LogP contribution in [-0.2, 0) is 10.1 Å². The molecule has 0 saturated carbocycles. The molecular formula is C13H8F2N4O3S. The number of halogens is 2. The molecule has 10 heteroatoms. The Hall–Kier alpha value is -2.72. The van der Waals surface area contributed by atoms with Gasteiger partial charge in [0.15, 0.2) is 5.82 Å². The van der Waals surface area contributed by atoms with Crippen molar-refractivity contribution in [3.63, 3.8) is 0 Å². The van der Waals surface area contributed by atoms with Gasteiger partial charge in [0.2, 0.25) is 5.82 Å². The van der Waals surface area contributed by atoms with Gasteiger partial charge in [-0.1, -0.05) is 35.4 Å². The summed E-state index contributed by atoms with van der Waals surface area (Å²) in [6.45, 7) is 0. The van der Waals surface area contributed by atoms with Crippen LogP contribution in [-0.4, -0.2) is 28.4 Å². The van der Waals surface area contributed by atoms with E-state index in [0.717, 1.165) is 0 Å². The van der Waals surface area contributed by atoms with Crippen molar-refractivity contribution in [2.24, 2.45) is 0 Å². The molecule has 0 radical (unpaired) electrons. The molecule has 0 atom stereocenters. The quantitative estimate of drug-likeness (QED) is 0.706. The summed E-state index contributed by atoms with van der Waals surface area (Å²) in [5.41, 5.74) is -0.176. The molecule has 1 aromatic heterocycles. The third-order valence-electron chi connectivity index (χ3n) is 3.06. The Morgan fingerprint density at radius 1 is 1.04 bits per heavy atom. The number of nitrogens with one attached hydrogen (secondary N) is 1. The van der Waals surface area contributed by atoms with Gasteiger partial charge in [-0.2, -0.15) is 17.2 Å². The van der Waals surface area contributed by atoms with E-state index in [-0.39, 0.29) is 11.1 Å². The SMILES string of the molecule is O=S(=O)(O)c1c(Nc2nnnc(F)c2F)ccc2ccccc12. The zero-order chi connectivity index (χ0) is 16.6. The number of fused-ring (bicyclic) bond motifs is 1. The van der Waals surface area contributed by atoms with E-state index in [1.807, 2.05) is 0 Å². The predicted molar refractivity (Wildman–Crippen MR) is 76.8 cm³/mol. The second-order valence-corrected chi connectivity index (χ2v) is 5.86. The van der Waals surface area contributed by atoms with Crippen molar-refractivity contribution in [1.29, 1.82) is 0 Å². The highest BCUT2D eigenvalue weighted by Gasteiger charge is 2.21. The van der Waals surface area contributed by atoms with Crippen LogP contribution in [0.15, 0.2) is 41.3 Å². The van der Waals surface area contributed by atoms with Crippen molar-refractivity contribution in [3.05, 3.63) is 48.2 Å². The average molecular weight is 338 g/mol. The number of hydrogen-bond donors (Lipinski definition) is 2. The molecular weight excluding hydrogens is 330 g/mol. The van der Waals surface area contributed by atoms with Gasteiger partial charge in [0.05, 0.1) is 5.69 Å². The fourth-order valence-corrected chi connectivity index (χ4v) is 2.98. The van der Waals surface area contributed by atoms with E-state index >= 15 is 0 Å². The first-order valence-corrected chi connectivity index (χ1v) is 7.62. The molecule has 2 N–H and O–H groups in total. The zero-order valence-electron chi connectivity index (χ0n) is 11.2. The molecule has 0 amide bonds. The van der Waals surface area contributed by atoms with Gasteiger partial charge in [0.1, 0.15) is 4.90 Å². The maximum atomic E-state index is 13.6. The topological polar surface area (TPSA) is 105 Å². The van der Waals surface area contributed by atoms with E-state index in [9.17, 15) is 21.8 Å². The molecule has 118 valence electrons. The molecule has 0 aliphatic heterocycles. The maximum absolute atomic E-state index is 13.6. The summed E-state index contributed by atoms with van der Waals surface area (Å²) in [7, 11) is -4.65. The van der Waals surface area contributed by atoms with Crippen LogP contribution in [0.4, 0.5) is 20.3 Å². The number of hydrogen-bond acceptors (Lipinski definition) is 6.